The fourth-order valence-electron chi connectivity index (χ4n) is 4.38. The van der Waals surface area contributed by atoms with E-state index in [0.717, 1.165) is 43.8 Å². The lowest BCUT2D eigenvalue weighted by Crippen LogP contribution is -2.38. The van der Waals surface area contributed by atoms with Crippen molar-refractivity contribution in [1.29, 1.82) is 0 Å². The van der Waals surface area contributed by atoms with Gasteiger partial charge in [0.05, 0.1) is 31.4 Å². The second kappa shape index (κ2) is 11.3. The number of Topliss-reactive ketones (excluding diaryl/α,β-unsaturated/α-hetero) is 1. The van der Waals surface area contributed by atoms with Crippen LogP contribution in [0.25, 0.3) is 5.76 Å². The van der Waals surface area contributed by atoms with E-state index in [-0.39, 0.29) is 11.3 Å². The Balaban J connectivity index is 1.63. The van der Waals surface area contributed by atoms with Crippen LogP contribution in [0.3, 0.4) is 0 Å². The summed E-state index contributed by atoms with van der Waals surface area (Å²) in [6, 6.07) is 9.97. The molecular weight excluding hydrogens is 434 g/mol. The lowest BCUT2D eigenvalue weighted by Gasteiger charge is -2.29. The van der Waals surface area contributed by atoms with Gasteiger partial charge in [-0.2, -0.15) is 0 Å². The van der Waals surface area contributed by atoms with Gasteiger partial charge in [-0.3, -0.25) is 19.5 Å². The molecule has 3 heterocycles. The highest BCUT2D eigenvalue weighted by molar-refractivity contribution is 6.46. The van der Waals surface area contributed by atoms with Crippen molar-refractivity contribution >= 4 is 17.4 Å². The maximum absolute atomic E-state index is 13.1. The molecule has 0 saturated carbocycles. The van der Waals surface area contributed by atoms with Crippen LogP contribution in [0.2, 0.25) is 0 Å². The van der Waals surface area contributed by atoms with Crippen LogP contribution in [-0.4, -0.2) is 77.6 Å². The molecule has 2 aliphatic heterocycles. The van der Waals surface area contributed by atoms with Crippen LogP contribution in [0.1, 0.15) is 36.9 Å². The topological polar surface area (TPSA) is 92.2 Å². The first-order valence-electron chi connectivity index (χ1n) is 11.8. The Morgan fingerprint density at radius 2 is 1.79 bits per heavy atom. The predicted molar refractivity (Wildman–Crippen MR) is 127 cm³/mol. The molecule has 8 nitrogen and oxygen atoms in total. The zero-order chi connectivity index (χ0) is 23.9. The highest BCUT2D eigenvalue weighted by Crippen LogP contribution is 2.39. The summed E-state index contributed by atoms with van der Waals surface area (Å²) >= 11 is 0. The lowest BCUT2D eigenvalue weighted by atomic mass is 9.95. The quantitative estimate of drug-likeness (QED) is 0.346. The largest absolute Gasteiger partial charge is 0.507 e. The molecule has 1 atom stereocenters. The fraction of sp³-hybridized carbons (Fsp3) is 0.423. The minimum absolute atomic E-state index is 0.102. The highest BCUT2D eigenvalue weighted by atomic mass is 16.5. The summed E-state index contributed by atoms with van der Waals surface area (Å²) in [5.41, 5.74) is 1.31. The number of amides is 1. The SMILES string of the molecule is CCCOc1ccc(C2/C(=C(\O)c3ccncc3)C(=O)C(=O)N2CCCN2CCOCC2)cc1. The Hall–Kier alpha value is -3.23. The number of benzene rings is 1. The third kappa shape index (κ3) is 5.29. The van der Waals surface area contributed by atoms with Crippen LogP contribution >= 0.6 is 0 Å². The van der Waals surface area contributed by atoms with E-state index in [0.29, 0.717) is 31.9 Å². The van der Waals surface area contributed by atoms with Crippen LogP contribution in [-0.2, 0) is 14.3 Å². The molecule has 0 bridgehead atoms. The summed E-state index contributed by atoms with van der Waals surface area (Å²) in [6.45, 7) is 7.03. The zero-order valence-electron chi connectivity index (χ0n) is 19.5. The Kier molecular flexibility index (Phi) is 7.92. The first-order valence-corrected chi connectivity index (χ1v) is 11.8. The Labute approximate surface area is 199 Å². The van der Waals surface area contributed by atoms with E-state index in [9.17, 15) is 14.7 Å². The number of aromatic nitrogens is 1. The maximum Gasteiger partial charge on any atom is 0.295 e. The van der Waals surface area contributed by atoms with E-state index in [4.69, 9.17) is 9.47 Å². The van der Waals surface area contributed by atoms with Gasteiger partial charge >= 0.3 is 0 Å². The average Bonchev–Trinajstić information content (AvgIpc) is 3.13. The molecule has 2 saturated heterocycles. The number of morpholine rings is 1. The molecule has 1 aromatic carbocycles. The summed E-state index contributed by atoms with van der Waals surface area (Å²) in [5.74, 6) is -0.720. The van der Waals surface area contributed by atoms with Gasteiger partial charge in [0.2, 0.25) is 0 Å². The molecule has 2 fully saturated rings. The predicted octanol–water partition coefficient (Wildman–Crippen LogP) is 3.01. The van der Waals surface area contributed by atoms with E-state index >= 15 is 0 Å². The molecule has 8 heteroatoms. The van der Waals surface area contributed by atoms with E-state index in [1.54, 1.807) is 29.4 Å². The summed E-state index contributed by atoms with van der Waals surface area (Å²) < 4.78 is 11.1. The number of hydrogen-bond acceptors (Lipinski definition) is 7. The molecule has 180 valence electrons. The maximum atomic E-state index is 13.1. The molecule has 0 radical (unpaired) electrons. The number of carbonyl (C=O) groups is 2. The van der Waals surface area contributed by atoms with Gasteiger partial charge in [0.15, 0.2) is 0 Å². The second-order valence-corrected chi connectivity index (χ2v) is 8.45. The highest BCUT2D eigenvalue weighted by Gasteiger charge is 2.45. The van der Waals surface area contributed by atoms with Gasteiger partial charge in [-0.25, -0.2) is 0 Å². The van der Waals surface area contributed by atoms with E-state index in [1.807, 2.05) is 31.2 Å². The van der Waals surface area contributed by atoms with Crippen molar-refractivity contribution < 1.29 is 24.2 Å². The number of ketones is 1. The smallest absolute Gasteiger partial charge is 0.295 e. The molecule has 2 aromatic rings. The molecule has 34 heavy (non-hydrogen) atoms. The Morgan fingerprint density at radius 1 is 1.09 bits per heavy atom. The number of rotatable bonds is 9. The lowest BCUT2D eigenvalue weighted by molar-refractivity contribution is -0.140. The second-order valence-electron chi connectivity index (χ2n) is 8.45. The standard InChI is InChI=1S/C26H31N3O5/c1-2-16-34-21-6-4-19(5-7-21)23-22(24(30)20-8-10-27-11-9-20)25(31)26(32)29(23)13-3-12-28-14-17-33-18-15-28/h4-11,23,30H,2-3,12-18H2,1H3/b24-22+. The van der Waals surface area contributed by atoms with Crippen molar-refractivity contribution in [2.24, 2.45) is 0 Å². The van der Waals surface area contributed by atoms with Gasteiger partial charge in [0, 0.05) is 44.1 Å². The van der Waals surface area contributed by atoms with E-state index < -0.39 is 17.7 Å². The van der Waals surface area contributed by atoms with Crippen LogP contribution in [0, 0.1) is 0 Å². The zero-order valence-corrected chi connectivity index (χ0v) is 19.5. The molecule has 2 aliphatic rings. The molecule has 1 amide bonds. The molecule has 4 rings (SSSR count). The number of likely N-dealkylation sites (tertiary alicyclic amines) is 1. The van der Waals surface area contributed by atoms with Crippen molar-refractivity contribution in [3.05, 3.63) is 65.5 Å². The summed E-state index contributed by atoms with van der Waals surface area (Å²) in [7, 11) is 0. The van der Waals surface area contributed by atoms with E-state index in [2.05, 4.69) is 9.88 Å². The van der Waals surface area contributed by atoms with Gasteiger partial charge in [-0.15, -0.1) is 0 Å². The van der Waals surface area contributed by atoms with Gasteiger partial charge < -0.3 is 19.5 Å². The first kappa shape index (κ1) is 23.9. The van der Waals surface area contributed by atoms with Gasteiger partial charge in [-0.05, 0) is 42.7 Å². The summed E-state index contributed by atoms with van der Waals surface area (Å²) in [4.78, 5) is 34.1. The van der Waals surface area contributed by atoms with Crippen molar-refractivity contribution in [3.8, 4) is 5.75 Å². The van der Waals surface area contributed by atoms with E-state index in [1.165, 1.54) is 0 Å². The molecule has 1 unspecified atom stereocenters. The van der Waals surface area contributed by atoms with Crippen molar-refractivity contribution in [1.82, 2.24) is 14.8 Å². The van der Waals surface area contributed by atoms with Crippen LogP contribution in [0.4, 0.5) is 0 Å². The number of aliphatic hydroxyl groups excluding tert-OH is 1. The number of carbonyl (C=O) groups excluding carboxylic acids is 2. The third-order valence-electron chi connectivity index (χ3n) is 6.14. The average molecular weight is 466 g/mol. The molecule has 0 aliphatic carbocycles. The first-order chi connectivity index (χ1) is 16.6. The Morgan fingerprint density at radius 3 is 2.47 bits per heavy atom. The fourth-order valence-corrected chi connectivity index (χ4v) is 4.38. The molecular formula is C26H31N3O5. The number of aliphatic hydroxyl groups is 1. The number of nitrogens with zero attached hydrogens (tertiary/aromatic N) is 3. The number of hydrogen-bond donors (Lipinski definition) is 1. The summed E-state index contributed by atoms with van der Waals surface area (Å²) in [6.07, 6.45) is 4.71. The number of pyridine rings is 1. The Bertz CT molecular complexity index is 1020. The van der Waals surface area contributed by atoms with Crippen molar-refractivity contribution in [2.45, 2.75) is 25.8 Å². The van der Waals surface area contributed by atoms with Gasteiger partial charge in [0.25, 0.3) is 11.7 Å². The minimum atomic E-state index is -0.669. The van der Waals surface area contributed by atoms with Crippen molar-refractivity contribution in [3.63, 3.8) is 0 Å². The molecule has 0 spiro atoms. The third-order valence-corrected chi connectivity index (χ3v) is 6.14. The van der Waals surface area contributed by atoms with Gasteiger partial charge in [0.1, 0.15) is 11.5 Å². The normalized spacial score (nSPS) is 20.6. The summed E-state index contributed by atoms with van der Waals surface area (Å²) in [5, 5.41) is 11.1. The molecule has 1 aromatic heterocycles. The monoisotopic (exact) mass is 465 g/mol. The molecule has 1 N–H and O–H groups in total. The van der Waals surface area contributed by atoms with Gasteiger partial charge in [-0.1, -0.05) is 19.1 Å². The van der Waals surface area contributed by atoms with Crippen LogP contribution in [0.5, 0.6) is 5.75 Å². The minimum Gasteiger partial charge on any atom is -0.507 e. The van der Waals surface area contributed by atoms with Crippen LogP contribution in [0.15, 0.2) is 54.4 Å². The van der Waals surface area contributed by atoms with Crippen LogP contribution < -0.4 is 4.74 Å². The van der Waals surface area contributed by atoms with Crippen molar-refractivity contribution in [2.75, 3.05) is 46.0 Å². The number of ether oxygens (including phenoxy) is 2.